The highest BCUT2D eigenvalue weighted by Gasteiger charge is 2.11. The minimum Gasteiger partial charge on any atom is -0.478 e. The third kappa shape index (κ3) is 2.23. The van der Waals surface area contributed by atoms with Crippen molar-refractivity contribution in [3.05, 3.63) is 34.3 Å². The highest BCUT2D eigenvalue weighted by molar-refractivity contribution is 6.31. The molecule has 76 valence electrons. The van der Waals surface area contributed by atoms with Crippen molar-refractivity contribution < 1.29 is 15.0 Å². The Bertz CT molecular complexity index is 354. The lowest BCUT2D eigenvalue weighted by Gasteiger charge is -2.10. The maximum absolute atomic E-state index is 10.6. The van der Waals surface area contributed by atoms with Crippen LogP contribution in [0.4, 0.5) is 0 Å². The molecule has 0 unspecified atom stereocenters. The van der Waals surface area contributed by atoms with Gasteiger partial charge in [-0.2, -0.15) is 0 Å². The van der Waals surface area contributed by atoms with E-state index in [4.69, 9.17) is 27.5 Å². The SMILES string of the molecule is N[C@@H](CO)c1ccc(C(=O)O)cc1Cl. The Hall–Kier alpha value is -1.10. The number of benzene rings is 1. The quantitative estimate of drug-likeness (QED) is 0.703. The molecular formula is C9H10ClNO3. The van der Waals surface area contributed by atoms with E-state index in [0.717, 1.165) is 0 Å². The number of aliphatic hydroxyl groups excluding tert-OH is 1. The smallest absolute Gasteiger partial charge is 0.335 e. The molecule has 1 aromatic rings. The van der Waals surface area contributed by atoms with Gasteiger partial charge in [-0.15, -0.1) is 0 Å². The summed E-state index contributed by atoms with van der Waals surface area (Å²) in [5.74, 6) is -1.05. The summed E-state index contributed by atoms with van der Waals surface area (Å²) >= 11 is 5.79. The fourth-order valence-electron chi connectivity index (χ4n) is 1.06. The lowest BCUT2D eigenvalue weighted by atomic mass is 10.1. The van der Waals surface area contributed by atoms with E-state index in [9.17, 15) is 4.79 Å². The Morgan fingerprint density at radius 2 is 2.21 bits per heavy atom. The van der Waals surface area contributed by atoms with E-state index in [0.29, 0.717) is 5.56 Å². The summed E-state index contributed by atoms with van der Waals surface area (Å²) < 4.78 is 0. The lowest BCUT2D eigenvalue weighted by molar-refractivity contribution is 0.0697. The Morgan fingerprint density at radius 3 is 2.64 bits per heavy atom. The molecule has 0 bridgehead atoms. The maximum Gasteiger partial charge on any atom is 0.335 e. The molecule has 1 rings (SSSR count). The Kier molecular flexibility index (Phi) is 3.46. The zero-order chi connectivity index (χ0) is 10.7. The molecule has 1 atom stereocenters. The highest BCUT2D eigenvalue weighted by atomic mass is 35.5. The Labute approximate surface area is 85.9 Å². The number of carboxylic acids is 1. The monoisotopic (exact) mass is 215 g/mol. The summed E-state index contributed by atoms with van der Waals surface area (Å²) in [4.78, 5) is 10.6. The fourth-order valence-corrected chi connectivity index (χ4v) is 1.38. The summed E-state index contributed by atoms with van der Waals surface area (Å²) in [6, 6.07) is 3.64. The highest BCUT2D eigenvalue weighted by Crippen LogP contribution is 2.22. The average Bonchev–Trinajstić information content (AvgIpc) is 2.16. The first kappa shape index (κ1) is 11.0. The molecule has 0 aliphatic carbocycles. The van der Waals surface area contributed by atoms with Gasteiger partial charge in [-0.3, -0.25) is 0 Å². The van der Waals surface area contributed by atoms with Gasteiger partial charge in [0.15, 0.2) is 0 Å². The lowest BCUT2D eigenvalue weighted by Crippen LogP contribution is -2.15. The van der Waals surface area contributed by atoms with Crippen LogP contribution in [-0.4, -0.2) is 22.8 Å². The van der Waals surface area contributed by atoms with Crippen molar-refractivity contribution in [1.82, 2.24) is 0 Å². The van der Waals surface area contributed by atoms with Gasteiger partial charge in [0.2, 0.25) is 0 Å². The number of hydrogen-bond donors (Lipinski definition) is 3. The van der Waals surface area contributed by atoms with Crippen molar-refractivity contribution in [2.75, 3.05) is 6.61 Å². The van der Waals surface area contributed by atoms with Crippen LogP contribution in [0.3, 0.4) is 0 Å². The van der Waals surface area contributed by atoms with Gasteiger partial charge in [0.25, 0.3) is 0 Å². The number of halogens is 1. The van der Waals surface area contributed by atoms with Crippen molar-refractivity contribution in [3.8, 4) is 0 Å². The molecule has 0 radical (unpaired) electrons. The molecule has 4 N–H and O–H groups in total. The summed E-state index contributed by atoms with van der Waals surface area (Å²) in [6.45, 7) is -0.230. The number of carboxylic acid groups (broad SMARTS) is 1. The Balaban J connectivity index is 3.07. The van der Waals surface area contributed by atoms with Crippen LogP contribution in [0.15, 0.2) is 18.2 Å². The van der Waals surface area contributed by atoms with Gasteiger partial charge < -0.3 is 15.9 Å². The van der Waals surface area contributed by atoms with Crippen molar-refractivity contribution in [2.24, 2.45) is 5.73 Å². The second-order valence-corrected chi connectivity index (χ2v) is 3.24. The second kappa shape index (κ2) is 4.41. The number of rotatable bonds is 3. The van der Waals surface area contributed by atoms with Crippen molar-refractivity contribution in [2.45, 2.75) is 6.04 Å². The number of nitrogens with two attached hydrogens (primary N) is 1. The minimum absolute atomic E-state index is 0.101. The zero-order valence-corrected chi connectivity index (χ0v) is 8.03. The van der Waals surface area contributed by atoms with Gasteiger partial charge in [-0.1, -0.05) is 17.7 Å². The van der Waals surface area contributed by atoms with Crippen LogP contribution in [0.25, 0.3) is 0 Å². The number of aromatic carboxylic acids is 1. The van der Waals surface area contributed by atoms with E-state index in [1.54, 1.807) is 0 Å². The molecule has 0 heterocycles. The Morgan fingerprint density at radius 1 is 1.57 bits per heavy atom. The summed E-state index contributed by atoms with van der Waals surface area (Å²) in [5.41, 5.74) is 6.18. The molecule has 0 saturated heterocycles. The van der Waals surface area contributed by atoms with E-state index in [2.05, 4.69) is 0 Å². The van der Waals surface area contributed by atoms with E-state index in [-0.39, 0.29) is 17.2 Å². The third-order valence-corrected chi connectivity index (χ3v) is 2.17. The summed E-state index contributed by atoms with van der Waals surface area (Å²) in [6.07, 6.45) is 0. The van der Waals surface area contributed by atoms with Crippen LogP contribution < -0.4 is 5.73 Å². The predicted molar refractivity (Wildman–Crippen MR) is 52.4 cm³/mol. The normalized spacial score (nSPS) is 12.5. The molecule has 0 spiro atoms. The first-order valence-corrected chi connectivity index (χ1v) is 4.33. The second-order valence-electron chi connectivity index (χ2n) is 2.83. The number of hydrogen-bond acceptors (Lipinski definition) is 3. The predicted octanol–water partition coefficient (Wildman–Crippen LogP) is 1.03. The summed E-state index contributed by atoms with van der Waals surface area (Å²) in [5, 5.41) is 17.7. The van der Waals surface area contributed by atoms with Crippen LogP contribution >= 0.6 is 11.6 Å². The van der Waals surface area contributed by atoms with Crippen molar-refractivity contribution in [3.63, 3.8) is 0 Å². The van der Waals surface area contributed by atoms with Gasteiger partial charge in [0.1, 0.15) is 0 Å². The van der Waals surface area contributed by atoms with Gasteiger partial charge in [-0.25, -0.2) is 4.79 Å². The minimum atomic E-state index is -1.05. The largest absolute Gasteiger partial charge is 0.478 e. The molecule has 0 fully saturated rings. The molecule has 4 nitrogen and oxygen atoms in total. The average molecular weight is 216 g/mol. The number of aliphatic hydroxyl groups is 1. The standard InChI is InChI=1S/C9H10ClNO3/c10-7-3-5(9(13)14)1-2-6(7)8(11)4-12/h1-3,8,12H,4,11H2,(H,13,14)/t8-/m0/s1. The molecular weight excluding hydrogens is 206 g/mol. The van der Waals surface area contributed by atoms with Crippen LogP contribution in [0.1, 0.15) is 22.0 Å². The van der Waals surface area contributed by atoms with Gasteiger partial charge >= 0.3 is 5.97 Å². The third-order valence-electron chi connectivity index (χ3n) is 1.84. The van der Waals surface area contributed by atoms with Crippen LogP contribution in [0, 0.1) is 0 Å². The van der Waals surface area contributed by atoms with Crippen molar-refractivity contribution in [1.29, 1.82) is 0 Å². The van der Waals surface area contributed by atoms with Crippen LogP contribution in [-0.2, 0) is 0 Å². The molecule has 0 saturated carbocycles. The van der Waals surface area contributed by atoms with E-state index in [1.165, 1.54) is 18.2 Å². The zero-order valence-electron chi connectivity index (χ0n) is 7.27. The maximum atomic E-state index is 10.6. The number of carbonyl (C=O) groups is 1. The fraction of sp³-hybridized carbons (Fsp3) is 0.222. The van der Waals surface area contributed by atoms with Crippen LogP contribution in [0.2, 0.25) is 5.02 Å². The van der Waals surface area contributed by atoms with Gasteiger partial charge in [-0.05, 0) is 17.7 Å². The topological polar surface area (TPSA) is 83.5 Å². The molecule has 0 aliphatic rings. The molecule has 14 heavy (non-hydrogen) atoms. The summed E-state index contributed by atoms with van der Waals surface area (Å²) in [7, 11) is 0. The van der Waals surface area contributed by atoms with E-state index >= 15 is 0 Å². The van der Waals surface area contributed by atoms with E-state index in [1.807, 2.05) is 0 Å². The molecule has 0 aromatic heterocycles. The van der Waals surface area contributed by atoms with Gasteiger partial charge in [0.05, 0.1) is 18.2 Å². The van der Waals surface area contributed by atoms with Gasteiger partial charge in [0, 0.05) is 5.02 Å². The molecule has 5 heteroatoms. The molecule has 1 aromatic carbocycles. The van der Waals surface area contributed by atoms with Crippen molar-refractivity contribution >= 4 is 17.6 Å². The van der Waals surface area contributed by atoms with E-state index < -0.39 is 12.0 Å². The first-order valence-electron chi connectivity index (χ1n) is 3.95. The molecule has 0 aliphatic heterocycles. The van der Waals surface area contributed by atoms with Crippen LogP contribution in [0.5, 0.6) is 0 Å². The first-order chi connectivity index (χ1) is 6.56. The molecule has 0 amide bonds.